The van der Waals surface area contributed by atoms with Gasteiger partial charge in [0.05, 0.1) is 22.5 Å². The van der Waals surface area contributed by atoms with Gasteiger partial charge in [-0.05, 0) is 63.8 Å². The zero-order chi connectivity index (χ0) is 22.6. The first-order chi connectivity index (χ1) is 15.3. The number of fused-ring (bicyclic) bond motifs is 3. The van der Waals surface area contributed by atoms with Gasteiger partial charge in [-0.1, -0.05) is 31.0 Å². The van der Waals surface area contributed by atoms with Crippen LogP contribution in [0.3, 0.4) is 0 Å². The summed E-state index contributed by atoms with van der Waals surface area (Å²) in [5.74, 6) is -0.0241. The van der Waals surface area contributed by atoms with Crippen LogP contribution in [-0.4, -0.2) is 20.6 Å². The van der Waals surface area contributed by atoms with Crippen LogP contribution in [0.2, 0.25) is 0 Å². The minimum Gasteiger partial charge on any atom is -0.478 e. The van der Waals surface area contributed by atoms with Crippen LogP contribution in [0.1, 0.15) is 85.3 Å². The SMILES string of the molecule is Cc1cc([C@@H](C)Nc2ccccc2C(=O)O)c2nc3n(c(=O)c2c1)[C@@H](C)CC31CCCC1. The lowest BCUT2D eigenvalue weighted by Gasteiger charge is -2.23. The first-order valence-corrected chi connectivity index (χ1v) is 11.5. The van der Waals surface area contributed by atoms with Gasteiger partial charge in [-0.25, -0.2) is 9.78 Å². The Kier molecular flexibility index (Phi) is 4.84. The van der Waals surface area contributed by atoms with Gasteiger partial charge in [0.1, 0.15) is 5.82 Å². The van der Waals surface area contributed by atoms with Crippen molar-refractivity contribution in [1.82, 2.24) is 9.55 Å². The maximum atomic E-state index is 13.6. The molecule has 1 aromatic heterocycles. The molecule has 0 radical (unpaired) electrons. The second-order valence-corrected chi connectivity index (χ2v) is 9.62. The molecule has 6 nitrogen and oxygen atoms in total. The summed E-state index contributed by atoms with van der Waals surface area (Å²) in [7, 11) is 0. The molecule has 2 aliphatic rings. The van der Waals surface area contributed by atoms with Gasteiger partial charge in [0, 0.05) is 22.7 Å². The van der Waals surface area contributed by atoms with Crippen LogP contribution in [0.25, 0.3) is 10.9 Å². The van der Waals surface area contributed by atoms with Crippen LogP contribution in [0.15, 0.2) is 41.2 Å². The molecule has 0 saturated heterocycles. The second-order valence-electron chi connectivity index (χ2n) is 9.62. The molecule has 2 atom stereocenters. The Labute approximate surface area is 187 Å². The predicted molar refractivity (Wildman–Crippen MR) is 126 cm³/mol. The Morgan fingerprint density at radius 2 is 1.97 bits per heavy atom. The first-order valence-electron chi connectivity index (χ1n) is 11.5. The third-order valence-electron chi connectivity index (χ3n) is 7.34. The van der Waals surface area contributed by atoms with Crippen LogP contribution in [0, 0.1) is 6.92 Å². The number of rotatable bonds is 4. The van der Waals surface area contributed by atoms with Crippen molar-refractivity contribution in [1.29, 1.82) is 0 Å². The number of nitrogens with one attached hydrogen (secondary N) is 1. The molecule has 1 aliphatic carbocycles. The van der Waals surface area contributed by atoms with E-state index < -0.39 is 5.97 Å². The molecule has 0 amide bonds. The van der Waals surface area contributed by atoms with Crippen molar-refractivity contribution < 1.29 is 9.90 Å². The number of aryl methyl sites for hydroxylation is 1. The number of aromatic nitrogens is 2. The van der Waals surface area contributed by atoms with Gasteiger partial charge in [0.15, 0.2) is 0 Å². The number of para-hydroxylation sites is 1. The zero-order valence-electron chi connectivity index (χ0n) is 18.8. The Hall–Kier alpha value is -3.15. The number of aromatic carboxylic acids is 1. The van der Waals surface area contributed by atoms with Gasteiger partial charge >= 0.3 is 5.97 Å². The topological polar surface area (TPSA) is 84.2 Å². The van der Waals surface area contributed by atoms with E-state index in [0.29, 0.717) is 11.1 Å². The van der Waals surface area contributed by atoms with Crippen LogP contribution in [0.5, 0.6) is 0 Å². The van der Waals surface area contributed by atoms with Crippen molar-refractivity contribution in [3.05, 3.63) is 69.3 Å². The molecule has 6 heteroatoms. The number of carbonyl (C=O) groups is 1. The lowest BCUT2D eigenvalue weighted by molar-refractivity contribution is 0.0698. The van der Waals surface area contributed by atoms with Crippen molar-refractivity contribution in [2.75, 3.05) is 5.32 Å². The maximum absolute atomic E-state index is 13.6. The molecule has 2 aromatic carbocycles. The minimum absolute atomic E-state index is 0.0154. The summed E-state index contributed by atoms with van der Waals surface area (Å²) in [5.41, 5.74) is 3.50. The van der Waals surface area contributed by atoms with Gasteiger partial charge < -0.3 is 10.4 Å². The number of benzene rings is 2. The van der Waals surface area contributed by atoms with Crippen molar-refractivity contribution in [3.63, 3.8) is 0 Å². The molecule has 3 aromatic rings. The van der Waals surface area contributed by atoms with E-state index in [1.54, 1.807) is 18.2 Å². The largest absolute Gasteiger partial charge is 0.478 e. The highest BCUT2D eigenvalue weighted by Crippen LogP contribution is 2.50. The first kappa shape index (κ1) is 20.7. The summed E-state index contributed by atoms with van der Waals surface area (Å²) in [6.45, 7) is 6.11. The molecule has 166 valence electrons. The normalized spacial score (nSPS) is 19.9. The van der Waals surface area contributed by atoms with Gasteiger partial charge in [-0.15, -0.1) is 0 Å². The van der Waals surface area contributed by atoms with E-state index in [-0.39, 0.29) is 28.6 Å². The Morgan fingerprint density at radius 3 is 2.69 bits per heavy atom. The quantitative estimate of drug-likeness (QED) is 0.581. The van der Waals surface area contributed by atoms with Crippen LogP contribution >= 0.6 is 0 Å². The fourth-order valence-electron chi connectivity index (χ4n) is 5.93. The van der Waals surface area contributed by atoms with Crippen molar-refractivity contribution in [2.24, 2.45) is 0 Å². The molecule has 0 bridgehead atoms. The highest BCUT2D eigenvalue weighted by Gasteiger charge is 2.46. The Balaban J connectivity index is 1.67. The van der Waals surface area contributed by atoms with Crippen molar-refractivity contribution in [2.45, 2.75) is 70.4 Å². The third kappa shape index (κ3) is 3.12. The smallest absolute Gasteiger partial charge is 0.337 e. The van der Waals surface area contributed by atoms with Gasteiger partial charge in [-0.2, -0.15) is 0 Å². The standard InChI is InChI=1S/C26H29N3O3/c1-15-12-19(17(3)27-21-9-5-4-8-18(21)24(31)32)22-20(13-15)23(30)29-16(2)14-26(25(29)28-22)10-6-7-11-26/h4-5,8-9,12-13,16-17,27H,6-7,10-11,14H2,1-3H3,(H,31,32)/t16-,17+/m0/s1. The maximum Gasteiger partial charge on any atom is 0.337 e. The predicted octanol–water partition coefficient (Wildman–Crippen LogP) is 5.35. The lowest BCUT2D eigenvalue weighted by atomic mass is 9.82. The molecule has 2 heterocycles. The van der Waals surface area contributed by atoms with Crippen LogP contribution < -0.4 is 10.9 Å². The molecule has 2 N–H and O–H groups in total. The van der Waals surface area contributed by atoms with Gasteiger partial charge in [0.2, 0.25) is 0 Å². The summed E-state index contributed by atoms with van der Waals surface area (Å²) in [6, 6.07) is 10.8. The monoisotopic (exact) mass is 431 g/mol. The number of nitrogens with zero attached hydrogens (tertiary/aromatic N) is 2. The van der Waals surface area contributed by atoms with Gasteiger partial charge in [-0.3, -0.25) is 9.36 Å². The number of hydrogen-bond donors (Lipinski definition) is 2. The van der Waals surface area contributed by atoms with Gasteiger partial charge in [0.25, 0.3) is 5.56 Å². The van der Waals surface area contributed by atoms with E-state index in [0.717, 1.165) is 41.7 Å². The number of anilines is 1. The molecular formula is C26H29N3O3. The fraction of sp³-hybridized carbons (Fsp3) is 0.423. The van der Waals surface area contributed by atoms with Crippen LogP contribution in [0.4, 0.5) is 5.69 Å². The number of hydrogen-bond acceptors (Lipinski definition) is 4. The molecular weight excluding hydrogens is 402 g/mol. The average molecular weight is 432 g/mol. The molecule has 1 aliphatic heterocycles. The Bertz CT molecular complexity index is 1290. The van der Waals surface area contributed by atoms with E-state index in [4.69, 9.17) is 4.98 Å². The highest BCUT2D eigenvalue weighted by atomic mass is 16.4. The molecule has 0 unspecified atom stereocenters. The van der Waals surface area contributed by atoms with Crippen molar-refractivity contribution in [3.8, 4) is 0 Å². The molecule has 32 heavy (non-hydrogen) atoms. The molecule has 1 saturated carbocycles. The minimum atomic E-state index is -0.972. The summed E-state index contributed by atoms with van der Waals surface area (Å²) >= 11 is 0. The van der Waals surface area contributed by atoms with E-state index in [2.05, 4.69) is 18.3 Å². The molecule has 1 spiro atoms. The Morgan fingerprint density at radius 1 is 1.25 bits per heavy atom. The second kappa shape index (κ2) is 7.47. The van der Waals surface area contributed by atoms with E-state index in [1.165, 1.54) is 12.8 Å². The molecule has 5 rings (SSSR count). The highest BCUT2D eigenvalue weighted by molar-refractivity contribution is 5.94. The summed E-state index contributed by atoms with van der Waals surface area (Å²) in [6.07, 6.45) is 5.54. The average Bonchev–Trinajstić information content (AvgIpc) is 3.33. The summed E-state index contributed by atoms with van der Waals surface area (Å²) in [4.78, 5) is 30.5. The lowest BCUT2D eigenvalue weighted by Crippen LogP contribution is -2.27. The summed E-state index contributed by atoms with van der Waals surface area (Å²) in [5, 5.41) is 13.6. The van der Waals surface area contributed by atoms with E-state index in [9.17, 15) is 14.7 Å². The summed E-state index contributed by atoms with van der Waals surface area (Å²) < 4.78 is 1.94. The number of carboxylic acids is 1. The number of carboxylic acid groups (broad SMARTS) is 1. The van der Waals surface area contributed by atoms with Crippen LogP contribution in [-0.2, 0) is 5.41 Å². The fourth-order valence-corrected chi connectivity index (χ4v) is 5.93. The van der Waals surface area contributed by atoms with E-state index >= 15 is 0 Å². The molecule has 1 fully saturated rings. The zero-order valence-corrected chi connectivity index (χ0v) is 18.8. The van der Waals surface area contributed by atoms with Crippen molar-refractivity contribution >= 4 is 22.6 Å². The van der Waals surface area contributed by atoms with E-state index in [1.807, 2.05) is 30.5 Å². The third-order valence-corrected chi connectivity index (χ3v) is 7.34.